The predicted molar refractivity (Wildman–Crippen MR) is 107 cm³/mol. The van der Waals surface area contributed by atoms with Gasteiger partial charge in [-0.15, -0.1) is 11.3 Å². The summed E-state index contributed by atoms with van der Waals surface area (Å²) in [6.07, 6.45) is 7.85. The Balaban J connectivity index is 1.58. The van der Waals surface area contributed by atoms with Crippen molar-refractivity contribution in [3.63, 3.8) is 0 Å². The van der Waals surface area contributed by atoms with Crippen LogP contribution in [0.25, 0.3) is 10.6 Å². The Morgan fingerprint density at radius 2 is 2.11 bits per heavy atom. The van der Waals surface area contributed by atoms with Crippen molar-refractivity contribution < 1.29 is 4.79 Å². The summed E-state index contributed by atoms with van der Waals surface area (Å²) in [6.45, 7) is 2.67. The normalized spacial score (nSPS) is 17.2. The molecule has 1 amide bonds. The summed E-state index contributed by atoms with van der Waals surface area (Å²) < 4.78 is 0. The van der Waals surface area contributed by atoms with Crippen LogP contribution in [0.2, 0.25) is 0 Å². The lowest BCUT2D eigenvalue weighted by Crippen LogP contribution is -2.37. The number of fused-ring (bicyclic) bond motifs is 1. The van der Waals surface area contributed by atoms with E-state index in [0.29, 0.717) is 23.5 Å². The van der Waals surface area contributed by atoms with Crippen molar-refractivity contribution in [3.05, 3.63) is 40.8 Å². The zero-order valence-corrected chi connectivity index (χ0v) is 16.1. The molecule has 0 aliphatic carbocycles. The molecule has 0 spiro atoms. The minimum Gasteiger partial charge on any atom is -0.392 e. The van der Waals surface area contributed by atoms with E-state index in [1.807, 2.05) is 18.3 Å². The first kappa shape index (κ1) is 17.7. The minimum atomic E-state index is -0.0911. The number of anilines is 1. The average molecular weight is 382 g/mol. The van der Waals surface area contributed by atoms with E-state index >= 15 is 0 Å². The number of carbonyl (C=O) groups is 1. The first-order valence-electron chi connectivity index (χ1n) is 9.12. The van der Waals surface area contributed by atoms with Gasteiger partial charge in [0.2, 0.25) is 0 Å². The van der Waals surface area contributed by atoms with Crippen molar-refractivity contribution in [2.45, 2.75) is 19.3 Å². The van der Waals surface area contributed by atoms with Crippen LogP contribution in [0.1, 0.15) is 28.2 Å². The van der Waals surface area contributed by atoms with Crippen molar-refractivity contribution in [1.82, 2.24) is 20.2 Å². The fourth-order valence-corrected chi connectivity index (χ4v) is 4.54. The second-order valence-electron chi connectivity index (χ2n) is 6.60. The molecule has 4 rings (SSSR count). The van der Waals surface area contributed by atoms with Gasteiger partial charge in [0.1, 0.15) is 15.7 Å². The average Bonchev–Trinajstić information content (AvgIpc) is 3.37. The third kappa shape index (κ3) is 3.32. The van der Waals surface area contributed by atoms with Crippen LogP contribution in [0, 0.1) is 5.41 Å². The number of rotatable bonds is 5. The summed E-state index contributed by atoms with van der Waals surface area (Å²) in [7, 11) is 1.76. The van der Waals surface area contributed by atoms with Crippen molar-refractivity contribution >= 4 is 29.3 Å². The van der Waals surface area contributed by atoms with Gasteiger partial charge in [-0.05, 0) is 25.0 Å². The molecule has 0 bridgehead atoms. The second-order valence-corrected chi connectivity index (χ2v) is 7.60. The first-order chi connectivity index (χ1) is 13.2. The fourth-order valence-electron chi connectivity index (χ4n) is 3.49. The number of amides is 1. The van der Waals surface area contributed by atoms with Crippen LogP contribution in [-0.4, -0.2) is 53.7 Å². The van der Waals surface area contributed by atoms with E-state index in [4.69, 9.17) is 5.41 Å². The molecule has 27 heavy (non-hydrogen) atoms. The molecule has 1 saturated heterocycles. The number of hydrogen-bond acceptors (Lipinski definition) is 7. The van der Waals surface area contributed by atoms with E-state index in [1.165, 1.54) is 30.4 Å². The Bertz CT molecular complexity index is 882. The summed E-state index contributed by atoms with van der Waals surface area (Å²) in [5.74, 6) is 0.916. The van der Waals surface area contributed by atoms with Crippen LogP contribution in [-0.2, 0) is 6.42 Å². The van der Waals surface area contributed by atoms with E-state index < -0.39 is 0 Å². The number of carbonyl (C=O) groups excluding carboxylic acids is 1. The highest BCUT2D eigenvalue weighted by atomic mass is 32.1. The smallest absolute Gasteiger partial charge is 0.270 e. The van der Waals surface area contributed by atoms with Gasteiger partial charge in [0, 0.05) is 57.3 Å². The van der Waals surface area contributed by atoms with Gasteiger partial charge >= 0.3 is 0 Å². The van der Waals surface area contributed by atoms with Gasteiger partial charge in [0.05, 0.1) is 11.4 Å². The molecule has 2 N–H and O–H groups in total. The molecule has 0 radical (unpaired) electrons. The third-order valence-corrected chi connectivity index (χ3v) is 6.02. The van der Waals surface area contributed by atoms with Crippen LogP contribution in [0.5, 0.6) is 0 Å². The van der Waals surface area contributed by atoms with E-state index in [0.717, 1.165) is 35.2 Å². The van der Waals surface area contributed by atoms with E-state index in [1.54, 1.807) is 18.1 Å². The number of aromatic nitrogens is 2. The molecule has 2 aliphatic rings. The molecule has 2 aliphatic heterocycles. The zero-order chi connectivity index (χ0) is 18.8. The lowest BCUT2D eigenvalue weighted by Gasteiger charge is -2.26. The molecule has 1 fully saturated rings. The van der Waals surface area contributed by atoms with Crippen molar-refractivity contribution in [1.29, 1.82) is 5.41 Å². The van der Waals surface area contributed by atoms with Crippen molar-refractivity contribution in [2.24, 2.45) is 0 Å². The Labute approximate surface area is 162 Å². The van der Waals surface area contributed by atoms with Gasteiger partial charge in [0.25, 0.3) is 5.91 Å². The number of nitrogens with zero attached hydrogens (tertiary/aromatic N) is 4. The molecule has 0 unspecified atom stereocenters. The zero-order valence-electron chi connectivity index (χ0n) is 15.2. The molecule has 140 valence electrons. The van der Waals surface area contributed by atoms with Gasteiger partial charge in [-0.2, -0.15) is 0 Å². The van der Waals surface area contributed by atoms with Gasteiger partial charge in [-0.25, -0.2) is 9.97 Å². The highest BCUT2D eigenvalue weighted by Gasteiger charge is 2.30. The lowest BCUT2D eigenvalue weighted by molar-refractivity contribution is 0.0804. The molecule has 4 heterocycles. The summed E-state index contributed by atoms with van der Waals surface area (Å²) in [5, 5.41) is 11.3. The van der Waals surface area contributed by atoms with Gasteiger partial charge in [-0.3, -0.25) is 4.79 Å². The minimum absolute atomic E-state index is 0.0911. The topological polar surface area (TPSA) is 85.2 Å². The highest BCUT2D eigenvalue weighted by Crippen LogP contribution is 2.33. The predicted octanol–water partition coefficient (Wildman–Crippen LogP) is 2.51. The molecule has 7 nitrogen and oxygen atoms in total. The van der Waals surface area contributed by atoms with Gasteiger partial charge in [0.15, 0.2) is 0 Å². The molecule has 0 saturated carbocycles. The number of pyridine rings is 1. The Morgan fingerprint density at radius 3 is 2.78 bits per heavy atom. The Hall–Kier alpha value is -2.74. The maximum atomic E-state index is 12.9. The summed E-state index contributed by atoms with van der Waals surface area (Å²) >= 11 is 1.41. The van der Waals surface area contributed by atoms with Crippen LogP contribution in [0.3, 0.4) is 0 Å². The molecule has 2 aromatic rings. The monoisotopic (exact) mass is 382 g/mol. The first-order valence-corrected chi connectivity index (χ1v) is 9.94. The maximum Gasteiger partial charge on any atom is 0.270 e. The largest absolute Gasteiger partial charge is 0.392 e. The molecule has 0 atom stereocenters. The van der Waals surface area contributed by atoms with Gasteiger partial charge in [-0.1, -0.05) is 0 Å². The third-order valence-electron chi connectivity index (χ3n) is 4.89. The Kier molecular flexibility index (Phi) is 4.89. The van der Waals surface area contributed by atoms with Crippen molar-refractivity contribution in [2.75, 3.05) is 31.6 Å². The lowest BCUT2D eigenvalue weighted by atomic mass is 10.1. The standard InChI is InChI=1S/C19H22N6OS/c1-21-12-14(10-20)25-9-6-15-17(19(25)26)27-18(23-15)13-4-5-16(22-11-13)24-7-2-3-8-24/h4-5,10-12,20-21H,2-3,6-9H2,1H3/b14-12+,20-10?. The second kappa shape index (κ2) is 7.48. The fraction of sp³-hybridized carbons (Fsp3) is 0.368. The molecule has 0 aromatic carbocycles. The van der Waals surface area contributed by atoms with E-state index in [2.05, 4.69) is 20.2 Å². The molecule has 8 heteroatoms. The highest BCUT2D eigenvalue weighted by molar-refractivity contribution is 7.17. The Morgan fingerprint density at radius 1 is 1.30 bits per heavy atom. The molecular formula is C19H22N6OS. The molecular weight excluding hydrogens is 360 g/mol. The van der Waals surface area contributed by atoms with Crippen LogP contribution >= 0.6 is 11.3 Å². The summed E-state index contributed by atoms with van der Waals surface area (Å²) in [5.41, 5.74) is 2.34. The van der Waals surface area contributed by atoms with Crippen LogP contribution < -0.4 is 10.2 Å². The maximum absolute atomic E-state index is 12.9. The van der Waals surface area contributed by atoms with Crippen LogP contribution in [0.15, 0.2) is 30.2 Å². The quantitative estimate of drug-likeness (QED) is 0.776. The van der Waals surface area contributed by atoms with Gasteiger partial charge < -0.3 is 20.5 Å². The number of allylic oxidation sites excluding steroid dienone is 1. The van der Waals surface area contributed by atoms with Crippen molar-refractivity contribution in [3.8, 4) is 10.6 Å². The summed E-state index contributed by atoms with van der Waals surface area (Å²) in [6, 6.07) is 4.08. The number of nitrogens with one attached hydrogen (secondary N) is 2. The summed E-state index contributed by atoms with van der Waals surface area (Å²) in [4.78, 5) is 26.7. The molecule has 2 aromatic heterocycles. The number of thiazole rings is 1. The number of hydrogen-bond donors (Lipinski definition) is 2. The SMILES string of the molecule is CN/C=C(\C=N)N1CCc2nc(-c3ccc(N4CCCC4)nc3)sc2C1=O. The van der Waals surface area contributed by atoms with Crippen LogP contribution in [0.4, 0.5) is 5.82 Å². The van der Waals surface area contributed by atoms with E-state index in [-0.39, 0.29) is 5.91 Å². The van der Waals surface area contributed by atoms with E-state index in [9.17, 15) is 4.79 Å².